The van der Waals surface area contributed by atoms with Crippen molar-refractivity contribution in [3.63, 3.8) is 0 Å². The Labute approximate surface area is 87.4 Å². The van der Waals surface area contributed by atoms with Crippen LogP contribution >= 0.6 is 0 Å². The number of anilines is 1. The number of rotatable bonds is 1. The van der Waals surface area contributed by atoms with E-state index in [-0.39, 0.29) is 5.75 Å². The Morgan fingerprint density at radius 3 is 2.47 bits per heavy atom. The van der Waals surface area contributed by atoms with E-state index < -0.39 is 0 Å². The topological polar surface area (TPSA) is 72.0 Å². The minimum absolute atomic E-state index is 0.227. The van der Waals surface area contributed by atoms with Crippen molar-refractivity contribution in [2.45, 2.75) is 6.92 Å². The minimum atomic E-state index is 0.227. The molecule has 0 aliphatic carbocycles. The van der Waals surface area contributed by atoms with E-state index in [1.807, 2.05) is 0 Å². The quantitative estimate of drug-likeness (QED) is 0.737. The fraction of sp³-hybridized carbons (Fsp3) is 0.0909. The minimum Gasteiger partial charge on any atom is -0.508 e. The number of benzene rings is 1. The second-order valence-electron chi connectivity index (χ2n) is 3.26. The molecule has 2 rings (SSSR count). The first kappa shape index (κ1) is 9.45. The van der Waals surface area contributed by atoms with Crippen LogP contribution in [0.15, 0.2) is 30.5 Å². The second kappa shape index (κ2) is 3.57. The van der Waals surface area contributed by atoms with Gasteiger partial charge in [-0.2, -0.15) is 0 Å². The van der Waals surface area contributed by atoms with Crippen LogP contribution in [0.2, 0.25) is 0 Å². The summed E-state index contributed by atoms with van der Waals surface area (Å²) in [7, 11) is 0. The van der Waals surface area contributed by atoms with Crippen molar-refractivity contribution >= 4 is 5.82 Å². The van der Waals surface area contributed by atoms with Crippen molar-refractivity contribution < 1.29 is 5.11 Å². The van der Waals surface area contributed by atoms with Crippen molar-refractivity contribution in [3.05, 3.63) is 36.3 Å². The van der Waals surface area contributed by atoms with E-state index in [0.717, 1.165) is 11.1 Å². The maximum Gasteiger partial charge on any atom is 0.135 e. The molecule has 0 fully saturated rings. The summed E-state index contributed by atoms with van der Waals surface area (Å²) in [6.45, 7) is 1.79. The number of hydrogen-bond donors (Lipinski definition) is 2. The van der Waals surface area contributed by atoms with Crippen molar-refractivity contribution in [2.75, 3.05) is 5.73 Å². The molecular formula is C11H11N3O. The summed E-state index contributed by atoms with van der Waals surface area (Å²) in [5.41, 5.74) is 7.45. The lowest BCUT2D eigenvalue weighted by atomic mass is 10.1. The van der Waals surface area contributed by atoms with Crippen LogP contribution in [0.4, 0.5) is 5.82 Å². The van der Waals surface area contributed by atoms with Crippen LogP contribution in [0.25, 0.3) is 11.1 Å². The number of nitrogens with two attached hydrogens (primary N) is 1. The second-order valence-corrected chi connectivity index (χ2v) is 3.26. The zero-order valence-electron chi connectivity index (χ0n) is 8.31. The van der Waals surface area contributed by atoms with Gasteiger partial charge in [-0.1, -0.05) is 12.1 Å². The third kappa shape index (κ3) is 1.88. The van der Waals surface area contributed by atoms with Crippen LogP contribution in [0.5, 0.6) is 5.75 Å². The average molecular weight is 201 g/mol. The summed E-state index contributed by atoms with van der Waals surface area (Å²) in [5, 5.41) is 9.15. The SMILES string of the molecule is Cc1ncc(-c2ccc(O)cc2)c(N)n1. The van der Waals surface area contributed by atoms with Gasteiger partial charge in [-0.3, -0.25) is 0 Å². The molecule has 2 aromatic rings. The maximum atomic E-state index is 9.15. The van der Waals surface area contributed by atoms with E-state index in [2.05, 4.69) is 9.97 Å². The molecule has 0 atom stereocenters. The van der Waals surface area contributed by atoms with Crippen LogP contribution in [0, 0.1) is 6.92 Å². The molecule has 0 amide bonds. The predicted octanol–water partition coefficient (Wildman–Crippen LogP) is 1.74. The number of nitrogen functional groups attached to an aromatic ring is 1. The normalized spacial score (nSPS) is 10.2. The van der Waals surface area contributed by atoms with Crippen LogP contribution in [0.3, 0.4) is 0 Å². The lowest BCUT2D eigenvalue weighted by Gasteiger charge is -2.04. The maximum absolute atomic E-state index is 9.15. The molecule has 1 heterocycles. The smallest absolute Gasteiger partial charge is 0.135 e. The summed E-state index contributed by atoms with van der Waals surface area (Å²) >= 11 is 0. The monoisotopic (exact) mass is 201 g/mol. The van der Waals surface area contributed by atoms with E-state index in [9.17, 15) is 0 Å². The number of aromatic hydroxyl groups is 1. The molecule has 0 radical (unpaired) electrons. The van der Waals surface area contributed by atoms with Gasteiger partial charge >= 0.3 is 0 Å². The molecule has 1 aromatic carbocycles. The van der Waals surface area contributed by atoms with Gasteiger partial charge in [-0.25, -0.2) is 9.97 Å². The largest absolute Gasteiger partial charge is 0.508 e. The third-order valence-corrected chi connectivity index (χ3v) is 2.12. The van der Waals surface area contributed by atoms with Gasteiger partial charge in [0.1, 0.15) is 17.4 Å². The molecule has 0 spiro atoms. The lowest BCUT2D eigenvalue weighted by Crippen LogP contribution is -1.97. The van der Waals surface area contributed by atoms with Crippen LogP contribution in [-0.2, 0) is 0 Å². The van der Waals surface area contributed by atoms with Crippen molar-refractivity contribution in [3.8, 4) is 16.9 Å². The summed E-state index contributed by atoms with van der Waals surface area (Å²) in [5.74, 6) is 1.33. The van der Waals surface area contributed by atoms with Gasteiger partial charge in [0.15, 0.2) is 0 Å². The zero-order chi connectivity index (χ0) is 10.8. The van der Waals surface area contributed by atoms with Gasteiger partial charge in [0.25, 0.3) is 0 Å². The van der Waals surface area contributed by atoms with Crippen molar-refractivity contribution in [2.24, 2.45) is 0 Å². The predicted molar refractivity (Wildman–Crippen MR) is 58.3 cm³/mol. The number of phenolic OH excluding ortho intramolecular Hbond substituents is 1. The molecule has 4 heteroatoms. The molecule has 0 aliphatic rings. The Morgan fingerprint density at radius 1 is 1.20 bits per heavy atom. The Balaban J connectivity index is 2.49. The molecule has 0 aliphatic heterocycles. The Morgan fingerprint density at radius 2 is 1.87 bits per heavy atom. The van der Waals surface area contributed by atoms with Gasteiger partial charge in [-0.15, -0.1) is 0 Å². The molecule has 0 unspecified atom stereocenters. The van der Waals surface area contributed by atoms with E-state index in [4.69, 9.17) is 10.8 Å². The number of aryl methyl sites for hydroxylation is 1. The van der Waals surface area contributed by atoms with Gasteiger partial charge < -0.3 is 10.8 Å². The standard InChI is InChI=1S/C11H11N3O/c1-7-13-6-10(11(12)14-7)8-2-4-9(15)5-3-8/h2-6,15H,1H3,(H2,12,13,14). The lowest BCUT2D eigenvalue weighted by molar-refractivity contribution is 0.475. The highest BCUT2D eigenvalue weighted by molar-refractivity contribution is 5.73. The molecule has 0 saturated heterocycles. The molecule has 1 aromatic heterocycles. The highest BCUT2D eigenvalue weighted by Gasteiger charge is 2.04. The first-order valence-electron chi connectivity index (χ1n) is 4.55. The van der Waals surface area contributed by atoms with Gasteiger partial charge in [0.2, 0.25) is 0 Å². The van der Waals surface area contributed by atoms with Crippen molar-refractivity contribution in [1.82, 2.24) is 9.97 Å². The fourth-order valence-electron chi connectivity index (χ4n) is 1.35. The van der Waals surface area contributed by atoms with E-state index in [1.165, 1.54) is 0 Å². The molecule has 76 valence electrons. The highest BCUT2D eigenvalue weighted by Crippen LogP contribution is 2.24. The summed E-state index contributed by atoms with van der Waals surface area (Å²) in [6, 6.07) is 6.77. The Kier molecular flexibility index (Phi) is 2.25. The van der Waals surface area contributed by atoms with Gasteiger partial charge in [0, 0.05) is 11.8 Å². The summed E-state index contributed by atoms with van der Waals surface area (Å²) < 4.78 is 0. The number of phenols is 1. The average Bonchev–Trinajstić information content (AvgIpc) is 2.20. The molecular weight excluding hydrogens is 190 g/mol. The first-order chi connectivity index (χ1) is 7.16. The molecule has 0 saturated carbocycles. The zero-order valence-corrected chi connectivity index (χ0v) is 8.31. The Bertz CT molecular complexity index is 480. The van der Waals surface area contributed by atoms with Crippen LogP contribution in [-0.4, -0.2) is 15.1 Å². The van der Waals surface area contributed by atoms with Crippen molar-refractivity contribution in [1.29, 1.82) is 0 Å². The highest BCUT2D eigenvalue weighted by atomic mass is 16.3. The van der Waals surface area contributed by atoms with E-state index in [0.29, 0.717) is 11.6 Å². The van der Waals surface area contributed by atoms with Gasteiger partial charge in [-0.05, 0) is 24.6 Å². The third-order valence-electron chi connectivity index (χ3n) is 2.12. The Hall–Kier alpha value is -2.10. The summed E-state index contributed by atoms with van der Waals surface area (Å²) in [4.78, 5) is 8.16. The molecule has 4 nitrogen and oxygen atoms in total. The number of nitrogens with zero attached hydrogens (tertiary/aromatic N) is 2. The van der Waals surface area contributed by atoms with Gasteiger partial charge in [0.05, 0.1) is 0 Å². The van der Waals surface area contributed by atoms with E-state index >= 15 is 0 Å². The van der Waals surface area contributed by atoms with Crippen LogP contribution < -0.4 is 5.73 Å². The number of aromatic nitrogens is 2. The summed E-state index contributed by atoms with van der Waals surface area (Å²) in [6.07, 6.45) is 1.68. The fourth-order valence-corrected chi connectivity index (χ4v) is 1.35. The molecule has 15 heavy (non-hydrogen) atoms. The van der Waals surface area contributed by atoms with E-state index in [1.54, 1.807) is 37.4 Å². The number of hydrogen-bond acceptors (Lipinski definition) is 4. The molecule has 3 N–H and O–H groups in total. The molecule has 0 bridgehead atoms. The van der Waals surface area contributed by atoms with Crippen LogP contribution in [0.1, 0.15) is 5.82 Å². The first-order valence-corrected chi connectivity index (χ1v) is 4.55.